The number of aliphatic hydroxyl groups excluding tert-OH is 1. The summed E-state index contributed by atoms with van der Waals surface area (Å²) in [5.41, 5.74) is 2.99. The zero-order chi connectivity index (χ0) is 22.1. The van der Waals surface area contributed by atoms with Gasteiger partial charge in [0.1, 0.15) is 11.9 Å². The molecular weight excluding hydrogens is 408 g/mol. The van der Waals surface area contributed by atoms with Crippen molar-refractivity contribution in [3.8, 4) is 11.4 Å². The largest absolute Gasteiger partial charge is 0.396 e. The number of carbonyl (C=O) groups is 1. The maximum absolute atomic E-state index is 12.9. The van der Waals surface area contributed by atoms with Gasteiger partial charge in [-0.1, -0.05) is 23.4 Å². The van der Waals surface area contributed by atoms with E-state index < -0.39 is 0 Å². The van der Waals surface area contributed by atoms with E-state index in [1.165, 1.54) is 0 Å². The standard InChI is InChI=1S/C23H26N6O3/c1-15-6-7-16(21-26-23(32-27-21)17-13-28(14-17)8-4-10-30)11-18(15)25-22(31)19-12-24-20-5-2-3-9-29(19)20/h2-3,5-7,9,11-12,17,20,24,30H,4,8,10,13-14H2,1H3,(H,25,31). The quantitative estimate of drug-likeness (QED) is 0.607. The molecule has 32 heavy (non-hydrogen) atoms. The van der Waals surface area contributed by atoms with Crippen molar-refractivity contribution in [2.24, 2.45) is 0 Å². The molecule has 1 aromatic heterocycles. The number of nitrogens with zero attached hydrogens (tertiary/aromatic N) is 4. The molecule has 1 fully saturated rings. The minimum Gasteiger partial charge on any atom is -0.396 e. The number of aryl methyl sites for hydroxylation is 1. The van der Waals surface area contributed by atoms with E-state index in [2.05, 4.69) is 25.7 Å². The van der Waals surface area contributed by atoms with Gasteiger partial charge >= 0.3 is 0 Å². The maximum Gasteiger partial charge on any atom is 0.273 e. The number of carbonyl (C=O) groups excluding carboxylic acids is 1. The first-order chi connectivity index (χ1) is 15.6. The number of amides is 1. The summed E-state index contributed by atoms with van der Waals surface area (Å²) in [4.78, 5) is 21.7. The Hall–Kier alpha value is -3.43. The van der Waals surface area contributed by atoms with Gasteiger partial charge in [0.15, 0.2) is 0 Å². The second-order valence-electron chi connectivity index (χ2n) is 8.25. The molecule has 1 unspecified atom stereocenters. The Bertz CT molecular complexity index is 1100. The van der Waals surface area contributed by atoms with Crippen LogP contribution in [0.2, 0.25) is 0 Å². The Morgan fingerprint density at radius 3 is 3.06 bits per heavy atom. The predicted molar refractivity (Wildman–Crippen MR) is 119 cm³/mol. The molecule has 9 heteroatoms. The van der Waals surface area contributed by atoms with Gasteiger partial charge in [0, 0.05) is 49.9 Å². The second-order valence-corrected chi connectivity index (χ2v) is 8.25. The van der Waals surface area contributed by atoms with E-state index in [0.29, 0.717) is 23.1 Å². The summed E-state index contributed by atoms with van der Waals surface area (Å²) in [6.45, 7) is 4.76. The Kier molecular flexibility index (Phi) is 5.50. The second kappa shape index (κ2) is 8.60. The van der Waals surface area contributed by atoms with Crippen LogP contribution in [0.3, 0.4) is 0 Å². The highest BCUT2D eigenvalue weighted by atomic mass is 16.5. The minimum absolute atomic E-state index is 0.0306. The van der Waals surface area contributed by atoms with Crippen molar-refractivity contribution < 1.29 is 14.4 Å². The number of hydrogen-bond acceptors (Lipinski definition) is 8. The molecule has 0 saturated carbocycles. The van der Waals surface area contributed by atoms with E-state index in [-0.39, 0.29) is 24.6 Å². The van der Waals surface area contributed by atoms with Crippen molar-refractivity contribution in [3.63, 3.8) is 0 Å². The van der Waals surface area contributed by atoms with Gasteiger partial charge in [-0.25, -0.2) is 0 Å². The lowest BCUT2D eigenvalue weighted by Crippen LogP contribution is -2.45. The number of anilines is 1. The van der Waals surface area contributed by atoms with Crippen LogP contribution in [0.25, 0.3) is 11.4 Å². The molecule has 0 aliphatic carbocycles. The molecule has 2 aromatic rings. The van der Waals surface area contributed by atoms with Gasteiger partial charge in [0.25, 0.3) is 5.91 Å². The molecule has 3 aliphatic rings. The van der Waals surface area contributed by atoms with Gasteiger partial charge in [0.2, 0.25) is 11.7 Å². The Labute approximate surface area is 186 Å². The highest BCUT2D eigenvalue weighted by molar-refractivity contribution is 6.04. The van der Waals surface area contributed by atoms with Crippen molar-refractivity contribution in [3.05, 3.63) is 66.0 Å². The molecule has 0 radical (unpaired) electrons. The van der Waals surface area contributed by atoms with Crippen LogP contribution >= 0.6 is 0 Å². The molecule has 1 amide bonds. The molecule has 4 heterocycles. The number of aromatic nitrogens is 2. The number of benzene rings is 1. The van der Waals surface area contributed by atoms with Crippen LogP contribution in [0.15, 0.2) is 59.0 Å². The van der Waals surface area contributed by atoms with Crippen LogP contribution in [0.1, 0.15) is 23.8 Å². The van der Waals surface area contributed by atoms with Crippen LogP contribution in [0, 0.1) is 6.92 Å². The first-order valence-corrected chi connectivity index (χ1v) is 10.8. The van der Waals surface area contributed by atoms with E-state index >= 15 is 0 Å². The lowest BCUT2D eigenvalue weighted by atomic mass is 10.00. The lowest BCUT2D eigenvalue weighted by Gasteiger charge is -2.36. The molecule has 0 spiro atoms. The van der Waals surface area contributed by atoms with Crippen molar-refractivity contribution >= 4 is 11.6 Å². The van der Waals surface area contributed by atoms with Crippen molar-refractivity contribution in [1.82, 2.24) is 25.3 Å². The molecule has 166 valence electrons. The van der Waals surface area contributed by atoms with E-state index in [1.807, 2.05) is 54.5 Å². The van der Waals surface area contributed by atoms with Crippen LogP contribution in [-0.4, -0.2) is 63.4 Å². The summed E-state index contributed by atoms with van der Waals surface area (Å²) in [6, 6.07) is 5.75. The highest BCUT2D eigenvalue weighted by Crippen LogP contribution is 2.29. The lowest BCUT2D eigenvalue weighted by molar-refractivity contribution is -0.114. The normalized spacial score (nSPS) is 20.0. The average molecular weight is 435 g/mol. The third-order valence-electron chi connectivity index (χ3n) is 5.98. The van der Waals surface area contributed by atoms with Gasteiger partial charge in [-0.3, -0.25) is 4.79 Å². The van der Waals surface area contributed by atoms with Gasteiger partial charge in [-0.15, -0.1) is 0 Å². The Balaban J connectivity index is 1.27. The molecule has 3 aliphatic heterocycles. The average Bonchev–Trinajstić information content (AvgIpc) is 3.42. The van der Waals surface area contributed by atoms with E-state index in [0.717, 1.165) is 37.2 Å². The predicted octanol–water partition coefficient (Wildman–Crippen LogP) is 1.92. The first kappa shape index (κ1) is 20.5. The van der Waals surface area contributed by atoms with Crippen LogP contribution in [0.4, 0.5) is 5.69 Å². The van der Waals surface area contributed by atoms with Crippen molar-refractivity contribution in [1.29, 1.82) is 0 Å². The van der Waals surface area contributed by atoms with Crippen LogP contribution < -0.4 is 10.6 Å². The number of aliphatic hydroxyl groups is 1. The molecular formula is C23H26N6O3. The number of rotatable bonds is 7. The van der Waals surface area contributed by atoms with Crippen molar-refractivity contribution in [2.75, 3.05) is 31.6 Å². The number of allylic oxidation sites excluding steroid dienone is 2. The summed E-state index contributed by atoms with van der Waals surface area (Å²) in [6.07, 6.45) is 10.2. The van der Waals surface area contributed by atoms with Crippen molar-refractivity contribution in [2.45, 2.75) is 25.4 Å². The first-order valence-electron chi connectivity index (χ1n) is 10.8. The van der Waals surface area contributed by atoms with E-state index in [1.54, 1.807) is 6.20 Å². The molecule has 0 bridgehead atoms. The Morgan fingerprint density at radius 1 is 1.34 bits per heavy atom. The van der Waals surface area contributed by atoms with Crippen LogP contribution in [-0.2, 0) is 4.79 Å². The zero-order valence-electron chi connectivity index (χ0n) is 17.9. The van der Waals surface area contributed by atoms with Gasteiger partial charge < -0.3 is 30.1 Å². The monoisotopic (exact) mass is 434 g/mol. The maximum atomic E-state index is 12.9. The summed E-state index contributed by atoms with van der Waals surface area (Å²) in [5.74, 6) is 1.17. The fourth-order valence-electron chi connectivity index (χ4n) is 4.09. The van der Waals surface area contributed by atoms with E-state index in [4.69, 9.17) is 9.63 Å². The topological polar surface area (TPSA) is 107 Å². The zero-order valence-corrected chi connectivity index (χ0v) is 17.9. The molecule has 3 N–H and O–H groups in total. The van der Waals surface area contributed by atoms with Gasteiger partial charge in [-0.2, -0.15) is 4.98 Å². The van der Waals surface area contributed by atoms with Crippen LogP contribution in [0.5, 0.6) is 0 Å². The van der Waals surface area contributed by atoms with Gasteiger partial charge in [0.05, 0.1) is 5.92 Å². The number of hydrogen-bond donors (Lipinski definition) is 3. The fraction of sp³-hybridized carbons (Fsp3) is 0.348. The molecule has 5 rings (SSSR count). The third kappa shape index (κ3) is 3.92. The SMILES string of the molecule is Cc1ccc(-c2noc(C3CN(CCCO)C3)n2)cc1NC(=O)C1=CNC2C=CC=CN12. The highest BCUT2D eigenvalue weighted by Gasteiger charge is 2.32. The summed E-state index contributed by atoms with van der Waals surface area (Å²) >= 11 is 0. The van der Waals surface area contributed by atoms with E-state index in [9.17, 15) is 4.79 Å². The summed E-state index contributed by atoms with van der Waals surface area (Å²) in [5, 5.41) is 19.3. The molecule has 1 saturated heterocycles. The smallest absolute Gasteiger partial charge is 0.273 e. The Morgan fingerprint density at radius 2 is 2.22 bits per heavy atom. The molecule has 9 nitrogen and oxygen atoms in total. The minimum atomic E-state index is -0.188. The molecule has 1 atom stereocenters. The van der Waals surface area contributed by atoms with Gasteiger partial charge in [-0.05, 0) is 37.1 Å². The number of nitrogens with one attached hydrogen (secondary N) is 2. The number of likely N-dealkylation sites (tertiary alicyclic amines) is 1. The summed E-state index contributed by atoms with van der Waals surface area (Å²) in [7, 11) is 0. The fourth-order valence-corrected chi connectivity index (χ4v) is 4.09. The number of fused-ring (bicyclic) bond motifs is 1. The molecule has 1 aromatic carbocycles. The summed E-state index contributed by atoms with van der Waals surface area (Å²) < 4.78 is 5.50. The third-order valence-corrected chi connectivity index (χ3v) is 5.98.